The van der Waals surface area contributed by atoms with E-state index >= 15 is 0 Å². The van der Waals surface area contributed by atoms with Crippen LogP contribution in [0.5, 0.6) is 5.75 Å². The van der Waals surface area contributed by atoms with Crippen molar-refractivity contribution in [3.63, 3.8) is 0 Å². The molecule has 0 spiro atoms. The number of ether oxygens (including phenoxy) is 1. The highest BCUT2D eigenvalue weighted by molar-refractivity contribution is 6.42. The van der Waals surface area contributed by atoms with Gasteiger partial charge in [0.15, 0.2) is 0 Å². The second-order valence-electron chi connectivity index (χ2n) is 7.90. The van der Waals surface area contributed by atoms with E-state index in [-0.39, 0.29) is 27.9 Å². The molecule has 0 bridgehead atoms. The van der Waals surface area contributed by atoms with Crippen molar-refractivity contribution in [2.75, 3.05) is 7.11 Å². The van der Waals surface area contributed by atoms with Crippen LogP contribution in [0.4, 0.5) is 5.69 Å². The minimum absolute atomic E-state index is 0.113. The number of halogens is 2. The Morgan fingerprint density at radius 3 is 2.50 bits per heavy atom. The molecule has 2 amide bonds. The Bertz CT molecular complexity index is 1320. The van der Waals surface area contributed by atoms with E-state index in [2.05, 4.69) is 15.8 Å². The van der Waals surface area contributed by atoms with Gasteiger partial charge in [-0.3, -0.25) is 19.7 Å². The van der Waals surface area contributed by atoms with Crippen LogP contribution in [0.3, 0.4) is 0 Å². The van der Waals surface area contributed by atoms with Gasteiger partial charge in [0.2, 0.25) is 0 Å². The van der Waals surface area contributed by atoms with Gasteiger partial charge in [0.25, 0.3) is 17.5 Å². The van der Waals surface area contributed by atoms with Crippen molar-refractivity contribution >= 4 is 46.9 Å². The molecule has 0 saturated heterocycles. The van der Waals surface area contributed by atoms with Gasteiger partial charge in [-0.05, 0) is 42.3 Å². The van der Waals surface area contributed by atoms with Crippen LogP contribution in [-0.2, 0) is 4.79 Å². The Hall–Kier alpha value is -3.89. The maximum Gasteiger partial charge on any atom is 0.273 e. The summed E-state index contributed by atoms with van der Waals surface area (Å²) in [5, 5.41) is 18.1. The lowest BCUT2D eigenvalue weighted by molar-refractivity contribution is -0.384. The largest absolute Gasteiger partial charge is 0.496 e. The van der Waals surface area contributed by atoms with Gasteiger partial charge in [0, 0.05) is 11.6 Å². The molecule has 1 heterocycles. The second kappa shape index (κ2) is 11.7. The number of benzene rings is 2. The van der Waals surface area contributed by atoms with Crippen LogP contribution in [0.2, 0.25) is 10.0 Å². The summed E-state index contributed by atoms with van der Waals surface area (Å²) in [7, 11) is 1.40. The topological polar surface area (TPSA) is 136 Å². The Labute approximate surface area is 216 Å². The summed E-state index contributed by atoms with van der Waals surface area (Å²) in [6, 6.07) is 10.9. The SMILES string of the molecule is COc1cc([N+](=O)[O-])ccc1-c1ccc(C=NNC(=O)C(NC(=O)c2ccc(Cl)c(Cl)c2)C(C)C)o1. The molecule has 3 aromatic rings. The summed E-state index contributed by atoms with van der Waals surface area (Å²) >= 11 is 11.9. The minimum Gasteiger partial charge on any atom is -0.496 e. The van der Waals surface area contributed by atoms with Crippen molar-refractivity contribution in [1.29, 1.82) is 0 Å². The number of furan rings is 1. The summed E-state index contributed by atoms with van der Waals surface area (Å²) in [5.74, 6) is -0.280. The fourth-order valence-corrected chi connectivity index (χ4v) is 3.49. The molecule has 12 heteroatoms. The Morgan fingerprint density at radius 1 is 1.11 bits per heavy atom. The van der Waals surface area contributed by atoms with Crippen molar-refractivity contribution in [3.8, 4) is 17.1 Å². The van der Waals surface area contributed by atoms with Crippen LogP contribution in [-0.4, -0.2) is 36.1 Å². The third-order valence-corrected chi connectivity index (χ3v) is 5.81. The lowest BCUT2D eigenvalue weighted by Gasteiger charge is -2.20. The Kier molecular flexibility index (Phi) is 8.68. The van der Waals surface area contributed by atoms with E-state index in [4.69, 9.17) is 32.4 Å². The zero-order valence-electron chi connectivity index (χ0n) is 19.5. The van der Waals surface area contributed by atoms with E-state index in [1.54, 1.807) is 26.0 Å². The number of nitro benzene ring substituents is 1. The first-order chi connectivity index (χ1) is 17.1. The van der Waals surface area contributed by atoms with Crippen LogP contribution >= 0.6 is 23.2 Å². The zero-order chi connectivity index (χ0) is 26.4. The molecule has 0 saturated carbocycles. The van der Waals surface area contributed by atoms with Gasteiger partial charge in [-0.2, -0.15) is 5.10 Å². The maximum absolute atomic E-state index is 12.7. The molecule has 0 aliphatic carbocycles. The molecular formula is C24H22Cl2N4O6. The fraction of sp³-hybridized carbons (Fsp3) is 0.208. The van der Waals surface area contributed by atoms with Gasteiger partial charge in [-0.25, -0.2) is 5.43 Å². The highest BCUT2D eigenvalue weighted by Crippen LogP contribution is 2.34. The molecule has 2 N–H and O–H groups in total. The average Bonchev–Trinajstić information content (AvgIpc) is 3.31. The van der Waals surface area contributed by atoms with Gasteiger partial charge >= 0.3 is 0 Å². The molecule has 0 radical (unpaired) electrons. The number of amides is 2. The van der Waals surface area contributed by atoms with Crippen LogP contribution < -0.4 is 15.5 Å². The number of nitrogens with one attached hydrogen (secondary N) is 2. The van der Waals surface area contributed by atoms with Gasteiger partial charge in [0.05, 0.1) is 39.9 Å². The third-order valence-electron chi connectivity index (χ3n) is 5.07. The first kappa shape index (κ1) is 26.7. The van der Waals surface area contributed by atoms with Crippen LogP contribution in [0.15, 0.2) is 58.0 Å². The summed E-state index contributed by atoms with van der Waals surface area (Å²) in [4.78, 5) is 35.7. The number of rotatable bonds is 9. The van der Waals surface area contributed by atoms with Crippen molar-refractivity contribution < 1.29 is 23.7 Å². The summed E-state index contributed by atoms with van der Waals surface area (Å²) in [5.41, 5.74) is 3.05. The third kappa shape index (κ3) is 6.41. The predicted molar refractivity (Wildman–Crippen MR) is 136 cm³/mol. The number of hydrogen-bond donors (Lipinski definition) is 2. The number of methoxy groups -OCH3 is 1. The monoisotopic (exact) mass is 532 g/mol. The lowest BCUT2D eigenvalue weighted by atomic mass is 10.0. The number of carbonyl (C=O) groups excluding carboxylic acids is 2. The van der Waals surface area contributed by atoms with E-state index in [9.17, 15) is 19.7 Å². The molecule has 3 rings (SSSR count). The number of carbonyl (C=O) groups is 2. The molecule has 0 fully saturated rings. The first-order valence-electron chi connectivity index (χ1n) is 10.6. The van der Waals surface area contributed by atoms with Gasteiger partial charge < -0.3 is 14.5 Å². The van der Waals surface area contributed by atoms with E-state index in [0.29, 0.717) is 22.1 Å². The molecule has 1 atom stereocenters. The Balaban J connectivity index is 1.67. The summed E-state index contributed by atoms with van der Waals surface area (Å²) < 4.78 is 10.9. The number of hydrogen-bond acceptors (Lipinski definition) is 7. The zero-order valence-corrected chi connectivity index (χ0v) is 21.0. The summed E-state index contributed by atoms with van der Waals surface area (Å²) in [6.07, 6.45) is 1.29. The van der Waals surface area contributed by atoms with Crippen LogP contribution in [0.25, 0.3) is 11.3 Å². The van der Waals surface area contributed by atoms with Crippen molar-refractivity contribution in [1.82, 2.24) is 10.7 Å². The maximum atomic E-state index is 12.7. The summed E-state index contributed by atoms with van der Waals surface area (Å²) in [6.45, 7) is 3.55. The number of nitrogens with zero attached hydrogens (tertiary/aromatic N) is 2. The highest BCUT2D eigenvalue weighted by Gasteiger charge is 2.25. The quantitative estimate of drug-likeness (QED) is 0.224. The normalized spacial score (nSPS) is 11.9. The molecule has 1 unspecified atom stereocenters. The van der Waals surface area contributed by atoms with Crippen molar-refractivity contribution in [2.45, 2.75) is 19.9 Å². The minimum atomic E-state index is -0.874. The van der Waals surface area contributed by atoms with Crippen molar-refractivity contribution in [2.24, 2.45) is 11.0 Å². The average molecular weight is 533 g/mol. The number of hydrazone groups is 1. The Morgan fingerprint density at radius 2 is 1.86 bits per heavy atom. The predicted octanol–water partition coefficient (Wildman–Crippen LogP) is 5.07. The van der Waals surface area contributed by atoms with Gasteiger partial charge in [-0.15, -0.1) is 0 Å². The molecular weight excluding hydrogens is 511 g/mol. The first-order valence-corrected chi connectivity index (χ1v) is 11.4. The smallest absolute Gasteiger partial charge is 0.273 e. The standard InChI is InChI=1S/C24H22Cl2N4O6/c1-13(2)22(28-23(31)14-4-8-18(25)19(26)10-14)24(32)29-27-12-16-6-9-20(36-16)17-7-5-15(30(33)34)11-21(17)35-3/h4-13,22H,1-3H3,(H,28,31)(H,29,32). The van der Waals surface area contributed by atoms with E-state index in [1.165, 1.54) is 49.7 Å². The molecule has 10 nitrogen and oxygen atoms in total. The van der Waals surface area contributed by atoms with Crippen LogP contribution in [0, 0.1) is 16.0 Å². The fourth-order valence-electron chi connectivity index (χ4n) is 3.19. The molecule has 2 aromatic carbocycles. The molecule has 1 aromatic heterocycles. The van der Waals surface area contributed by atoms with Gasteiger partial charge in [-0.1, -0.05) is 37.0 Å². The molecule has 0 aliphatic heterocycles. The molecule has 36 heavy (non-hydrogen) atoms. The van der Waals surface area contributed by atoms with E-state index in [0.717, 1.165) is 0 Å². The molecule has 0 aliphatic rings. The lowest BCUT2D eigenvalue weighted by Crippen LogP contribution is -2.48. The van der Waals surface area contributed by atoms with Crippen LogP contribution in [0.1, 0.15) is 30.0 Å². The molecule has 188 valence electrons. The second-order valence-corrected chi connectivity index (χ2v) is 8.72. The van der Waals surface area contributed by atoms with E-state index in [1.807, 2.05) is 0 Å². The van der Waals surface area contributed by atoms with Gasteiger partial charge in [0.1, 0.15) is 23.3 Å². The van der Waals surface area contributed by atoms with Crippen molar-refractivity contribution in [3.05, 3.63) is 80.0 Å². The number of non-ortho nitro benzene ring substituents is 1. The number of nitro groups is 1. The highest BCUT2D eigenvalue weighted by atomic mass is 35.5. The van der Waals surface area contributed by atoms with E-state index < -0.39 is 22.8 Å².